The number of benzene rings is 2. The number of anilines is 2. The van der Waals surface area contributed by atoms with Crippen LogP contribution in [0.1, 0.15) is 15.9 Å². The van der Waals surface area contributed by atoms with Gasteiger partial charge in [0.15, 0.2) is 0 Å². The number of carbonyl (C=O) groups is 1. The Balaban J connectivity index is 2.40. The van der Waals surface area contributed by atoms with Crippen LogP contribution in [-0.4, -0.2) is 5.91 Å². The van der Waals surface area contributed by atoms with Crippen LogP contribution in [0.2, 0.25) is 0 Å². The average Bonchev–Trinajstić information content (AvgIpc) is 2.32. The zero-order valence-corrected chi connectivity index (χ0v) is 12.4. The normalized spacial score (nSPS) is 10.5. The molecule has 0 aliphatic carbocycles. The molecule has 0 unspecified atom stereocenters. The fraction of sp³-hybridized carbons (Fsp3) is 0.0714. The molecule has 0 aliphatic heterocycles. The zero-order valence-electron chi connectivity index (χ0n) is 10.8. The number of hydrogen-bond donors (Lipinski definition) is 2. The molecule has 3 nitrogen and oxygen atoms in total. The predicted molar refractivity (Wildman–Crippen MR) is 77.6 cm³/mol. The van der Waals surface area contributed by atoms with Gasteiger partial charge in [0.25, 0.3) is 5.91 Å². The van der Waals surface area contributed by atoms with E-state index in [1.54, 1.807) is 19.1 Å². The van der Waals surface area contributed by atoms with E-state index in [1.807, 2.05) is 0 Å². The highest BCUT2D eigenvalue weighted by atomic mass is 79.9. The number of nitrogen functional groups attached to an aromatic ring is 1. The molecule has 0 saturated heterocycles. The van der Waals surface area contributed by atoms with Gasteiger partial charge in [-0.3, -0.25) is 4.79 Å². The van der Waals surface area contributed by atoms with Crippen LogP contribution in [0.15, 0.2) is 28.7 Å². The second-order valence-corrected chi connectivity index (χ2v) is 5.30. The van der Waals surface area contributed by atoms with Gasteiger partial charge in [-0.2, -0.15) is 0 Å². The van der Waals surface area contributed by atoms with Gasteiger partial charge >= 0.3 is 0 Å². The van der Waals surface area contributed by atoms with Crippen molar-refractivity contribution in [3.63, 3.8) is 0 Å². The highest BCUT2D eigenvalue weighted by molar-refractivity contribution is 9.10. The van der Waals surface area contributed by atoms with Gasteiger partial charge in [-0.1, -0.05) is 15.9 Å². The first kappa shape index (κ1) is 15.4. The summed E-state index contributed by atoms with van der Waals surface area (Å²) in [5.41, 5.74) is 5.98. The Kier molecular flexibility index (Phi) is 4.22. The lowest BCUT2D eigenvalue weighted by Crippen LogP contribution is -2.18. The van der Waals surface area contributed by atoms with Crippen LogP contribution in [0.25, 0.3) is 0 Å². The van der Waals surface area contributed by atoms with Gasteiger partial charge in [-0.15, -0.1) is 0 Å². The summed E-state index contributed by atoms with van der Waals surface area (Å²) in [7, 11) is 0. The summed E-state index contributed by atoms with van der Waals surface area (Å²) in [6.45, 7) is 1.67. The first-order chi connectivity index (χ1) is 9.79. The number of nitrogens with two attached hydrogens (primary N) is 1. The minimum absolute atomic E-state index is 0.234. The van der Waals surface area contributed by atoms with Gasteiger partial charge in [-0.25, -0.2) is 13.2 Å². The topological polar surface area (TPSA) is 55.1 Å². The molecule has 2 aromatic rings. The molecule has 7 heteroatoms. The van der Waals surface area contributed by atoms with E-state index in [1.165, 1.54) is 0 Å². The molecule has 0 aliphatic rings. The van der Waals surface area contributed by atoms with Crippen molar-refractivity contribution in [2.75, 3.05) is 11.1 Å². The largest absolute Gasteiger partial charge is 0.397 e. The van der Waals surface area contributed by atoms with Crippen LogP contribution >= 0.6 is 15.9 Å². The van der Waals surface area contributed by atoms with Crippen molar-refractivity contribution >= 4 is 33.2 Å². The molecule has 0 saturated carbocycles. The molecule has 110 valence electrons. The van der Waals surface area contributed by atoms with Crippen molar-refractivity contribution in [1.82, 2.24) is 0 Å². The second-order valence-electron chi connectivity index (χ2n) is 4.39. The Morgan fingerprint density at radius 1 is 1.14 bits per heavy atom. The quantitative estimate of drug-likeness (QED) is 0.797. The Morgan fingerprint density at radius 2 is 1.71 bits per heavy atom. The molecule has 0 spiro atoms. The lowest BCUT2D eigenvalue weighted by atomic mass is 10.1. The van der Waals surface area contributed by atoms with Gasteiger partial charge in [0, 0.05) is 16.6 Å². The molecule has 0 bridgehead atoms. The molecule has 2 rings (SSSR count). The van der Waals surface area contributed by atoms with Crippen LogP contribution in [-0.2, 0) is 0 Å². The van der Waals surface area contributed by atoms with Crippen LogP contribution in [0, 0.1) is 24.4 Å². The van der Waals surface area contributed by atoms with Crippen molar-refractivity contribution in [2.45, 2.75) is 6.92 Å². The molecule has 0 atom stereocenters. The fourth-order valence-electron chi connectivity index (χ4n) is 1.87. The van der Waals surface area contributed by atoms with Gasteiger partial charge in [0.05, 0.1) is 11.4 Å². The van der Waals surface area contributed by atoms with Crippen LogP contribution in [0.3, 0.4) is 0 Å². The third kappa shape index (κ3) is 3.18. The maximum absolute atomic E-state index is 13.6. The number of rotatable bonds is 2. The lowest BCUT2D eigenvalue weighted by molar-refractivity contribution is 0.101. The molecular formula is C14H10BrF3N2O. The maximum atomic E-state index is 13.6. The van der Waals surface area contributed by atoms with E-state index in [4.69, 9.17) is 5.73 Å². The van der Waals surface area contributed by atoms with Crippen molar-refractivity contribution in [2.24, 2.45) is 0 Å². The minimum Gasteiger partial charge on any atom is -0.397 e. The van der Waals surface area contributed by atoms with E-state index in [0.717, 1.165) is 0 Å². The Hall–Kier alpha value is -2.02. The predicted octanol–water partition coefficient (Wildman–Crippen LogP) is 4.01. The van der Waals surface area contributed by atoms with Crippen molar-refractivity contribution in [1.29, 1.82) is 0 Å². The molecule has 0 aromatic heterocycles. The maximum Gasteiger partial charge on any atom is 0.261 e. The third-order valence-corrected chi connectivity index (χ3v) is 3.26. The Bertz CT molecular complexity index is 688. The van der Waals surface area contributed by atoms with Gasteiger partial charge in [0.1, 0.15) is 23.0 Å². The van der Waals surface area contributed by atoms with E-state index in [9.17, 15) is 18.0 Å². The number of carbonyl (C=O) groups excluding carboxylic acids is 1. The highest BCUT2D eigenvalue weighted by Crippen LogP contribution is 2.28. The molecule has 0 radical (unpaired) electrons. The van der Waals surface area contributed by atoms with Gasteiger partial charge < -0.3 is 11.1 Å². The fourth-order valence-corrected chi connectivity index (χ4v) is 2.46. The van der Waals surface area contributed by atoms with E-state index in [0.29, 0.717) is 22.2 Å². The minimum atomic E-state index is -1.28. The molecule has 2 aromatic carbocycles. The van der Waals surface area contributed by atoms with Gasteiger partial charge in [-0.05, 0) is 24.6 Å². The lowest BCUT2D eigenvalue weighted by Gasteiger charge is -2.13. The summed E-state index contributed by atoms with van der Waals surface area (Å²) in [6.07, 6.45) is 0. The Morgan fingerprint density at radius 3 is 2.24 bits per heavy atom. The monoisotopic (exact) mass is 358 g/mol. The van der Waals surface area contributed by atoms with E-state index >= 15 is 0 Å². The van der Waals surface area contributed by atoms with Crippen molar-refractivity contribution < 1.29 is 18.0 Å². The summed E-state index contributed by atoms with van der Waals surface area (Å²) >= 11 is 3.24. The third-order valence-electron chi connectivity index (χ3n) is 2.80. The summed E-state index contributed by atoms with van der Waals surface area (Å²) in [5, 5.41) is 2.34. The van der Waals surface area contributed by atoms with Crippen molar-refractivity contribution in [3.05, 3.63) is 57.3 Å². The van der Waals surface area contributed by atoms with E-state index in [-0.39, 0.29) is 11.4 Å². The summed E-state index contributed by atoms with van der Waals surface area (Å²) in [4.78, 5) is 12.0. The summed E-state index contributed by atoms with van der Waals surface area (Å²) in [5.74, 6) is -4.69. The summed E-state index contributed by atoms with van der Waals surface area (Å²) in [6, 6.07) is 4.11. The van der Waals surface area contributed by atoms with E-state index < -0.39 is 28.9 Å². The first-order valence-corrected chi connectivity index (χ1v) is 6.60. The number of amides is 1. The van der Waals surface area contributed by atoms with Crippen LogP contribution < -0.4 is 11.1 Å². The van der Waals surface area contributed by atoms with Gasteiger partial charge in [0.2, 0.25) is 0 Å². The number of hydrogen-bond acceptors (Lipinski definition) is 2. The second kappa shape index (κ2) is 5.77. The highest BCUT2D eigenvalue weighted by Gasteiger charge is 2.20. The zero-order chi connectivity index (χ0) is 15.7. The summed E-state index contributed by atoms with van der Waals surface area (Å²) < 4.78 is 40.6. The Labute approximate surface area is 127 Å². The molecule has 21 heavy (non-hydrogen) atoms. The van der Waals surface area contributed by atoms with E-state index in [2.05, 4.69) is 21.2 Å². The van der Waals surface area contributed by atoms with Crippen LogP contribution in [0.4, 0.5) is 24.5 Å². The first-order valence-electron chi connectivity index (χ1n) is 5.81. The van der Waals surface area contributed by atoms with Crippen molar-refractivity contribution in [3.8, 4) is 0 Å². The average molecular weight is 359 g/mol. The number of nitrogens with one attached hydrogen (secondary N) is 1. The number of aryl methyl sites for hydroxylation is 1. The standard InChI is InChI=1S/C14H10BrF3N2O/c1-6-2-7(15)3-11(19)13(6)20-14(21)12-9(17)4-8(16)5-10(12)18/h2-5H,19H2,1H3,(H,20,21). The molecule has 1 amide bonds. The molecule has 3 N–H and O–H groups in total. The molecule has 0 heterocycles. The smallest absolute Gasteiger partial charge is 0.261 e. The van der Waals surface area contributed by atoms with Crippen LogP contribution in [0.5, 0.6) is 0 Å². The SMILES string of the molecule is Cc1cc(Br)cc(N)c1NC(=O)c1c(F)cc(F)cc1F. The number of halogens is 4. The molecular weight excluding hydrogens is 349 g/mol. The molecule has 0 fully saturated rings.